The van der Waals surface area contributed by atoms with E-state index in [1.54, 1.807) is 18.2 Å². The number of rotatable bonds is 7. The van der Waals surface area contributed by atoms with Gasteiger partial charge in [0.25, 0.3) is 0 Å². The van der Waals surface area contributed by atoms with Gasteiger partial charge < -0.3 is 9.47 Å². The van der Waals surface area contributed by atoms with Crippen molar-refractivity contribution >= 4 is 23.5 Å². The second kappa shape index (κ2) is 9.24. The van der Waals surface area contributed by atoms with Crippen molar-refractivity contribution in [3.63, 3.8) is 0 Å². The van der Waals surface area contributed by atoms with E-state index in [9.17, 15) is 9.59 Å². The Balaban J connectivity index is 1.88. The van der Waals surface area contributed by atoms with Gasteiger partial charge in [0.15, 0.2) is 17.3 Å². The number of ketones is 1. The smallest absolute Gasteiger partial charge is 0.329 e. The van der Waals surface area contributed by atoms with Crippen LogP contribution in [0.1, 0.15) is 28.1 Å². The summed E-state index contributed by atoms with van der Waals surface area (Å²) >= 11 is 1.42. The Labute approximate surface area is 168 Å². The average Bonchev–Trinajstić information content (AvgIpc) is 2.73. The van der Waals surface area contributed by atoms with Gasteiger partial charge in [-0.05, 0) is 42.8 Å². The molecule has 0 heterocycles. The summed E-state index contributed by atoms with van der Waals surface area (Å²) in [5.74, 6) is 0.136. The van der Waals surface area contributed by atoms with Gasteiger partial charge in [0, 0.05) is 10.5 Å². The van der Waals surface area contributed by atoms with Crippen LogP contribution in [0.4, 0.5) is 0 Å². The van der Waals surface area contributed by atoms with Gasteiger partial charge in [0.1, 0.15) is 5.25 Å². The number of hydrogen-bond donors (Lipinski definition) is 0. The molecular formula is C23H20O4S. The van der Waals surface area contributed by atoms with Gasteiger partial charge in [-0.25, -0.2) is 0 Å². The lowest BCUT2D eigenvalue weighted by molar-refractivity contribution is -0.134. The number of thioether (sulfide) groups is 1. The van der Waals surface area contributed by atoms with Crippen LogP contribution < -0.4 is 9.47 Å². The summed E-state index contributed by atoms with van der Waals surface area (Å²) in [6, 6.07) is 24.0. The number of methoxy groups -OCH3 is 1. The lowest BCUT2D eigenvalue weighted by Gasteiger charge is -2.17. The van der Waals surface area contributed by atoms with Crippen LogP contribution in [0.25, 0.3) is 0 Å². The molecule has 0 amide bonds. The first-order valence-corrected chi connectivity index (χ1v) is 9.64. The second-order valence-electron chi connectivity index (χ2n) is 6.06. The minimum absolute atomic E-state index is 0.0852. The Morgan fingerprint density at radius 1 is 0.857 bits per heavy atom. The summed E-state index contributed by atoms with van der Waals surface area (Å²) in [4.78, 5) is 25.6. The molecule has 0 saturated carbocycles. The predicted octanol–water partition coefficient (Wildman–Crippen LogP) is 5.34. The number of carbonyl (C=O) groups is 2. The minimum Gasteiger partial charge on any atom is -0.493 e. The zero-order chi connectivity index (χ0) is 19.9. The van der Waals surface area contributed by atoms with Crippen LogP contribution in [0.5, 0.6) is 11.5 Å². The lowest BCUT2D eigenvalue weighted by Crippen LogP contribution is -2.17. The van der Waals surface area contributed by atoms with Crippen molar-refractivity contribution in [1.29, 1.82) is 0 Å². The zero-order valence-corrected chi connectivity index (χ0v) is 16.4. The van der Waals surface area contributed by atoms with Gasteiger partial charge >= 0.3 is 5.97 Å². The highest BCUT2D eigenvalue weighted by molar-refractivity contribution is 8.00. The van der Waals surface area contributed by atoms with E-state index in [0.29, 0.717) is 11.3 Å². The summed E-state index contributed by atoms with van der Waals surface area (Å²) in [5.41, 5.74) is 1.34. The van der Waals surface area contributed by atoms with Crippen LogP contribution in [0, 0.1) is 0 Å². The topological polar surface area (TPSA) is 52.6 Å². The number of carbonyl (C=O) groups excluding carboxylic acids is 2. The molecule has 3 aromatic rings. The molecule has 0 aliphatic heterocycles. The lowest BCUT2D eigenvalue weighted by atomic mass is 10.1. The number of benzene rings is 3. The molecule has 5 heteroatoms. The molecule has 142 valence electrons. The molecule has 3 rings (SSSR count). The Hall–Kier alpha value is -3.05. The zero-order valence-electron chi connectivity index (χ0n) is 15.6. The van der Waals surface area contributed by atoms with E-state index in [2.05, 4.69) is 0 Å². The van der Waals surface area contributed by atoms with E-state index < -0.39 is 11.2 Å². The first-order valence-electron chi connectivity index (χ1n) is 8.76. The van der Waals surface area contributed by atoms with Crippen molar-refractivity contribution in [3.05, 3.63) is 90.0 Å². The van der Waals surface area contributed by atoms with Crippen molar-refractivity contribution < 1.29 is 19.1 Å². The maximum Gasteiger partial charge on any atom is 0.329 e. The molecule has 1 atom stereocenters. The summed E-state index contributed by atoms with van der Waals surface area (Å²) in [7, 11) is 1.48. The first-order chi connectivity index (χ1) is 13.6. The molecule has 4 nitrogen and oxygen atoms in total. The van der Waals surface area contributed by atoms with Gasteiger partial charge in [-0.15, -0.1) is 11.8 Å². The van der Waals surface area contributed by atoms with Gasteiger partial charge in [0.05, 0.1) is 7.11 Å². The number of Topliss-reactive ketones (excluding diaryl/α,β-unsaturated/α-hetero) is 1. The maximum atomic E-state index is 13.0. The summed E-state index contributed by atoms with van der Waals surface area (Å²) < 4.78 is 11.0. The average molecular weight is 392 g/mol. The SMILES string of the molecule is COc1cc(C(C)=O)ccc1OC(=O)C(Sc1ccccc1)c1ccccc1. The van der Waals surface area contributed by atoms with Crippen LogP contribution in [0.15, 0.2) is 83.8 Å². The summed E-state index contributed by atoms with van der Waals surface area (Å²) in [6.45, 7) is 1.47. The Bertz CT molecular complexity index is 955. The molecule has 0 spiro atoms. The van der Waals surface area contributed by atoms with Crippen LogP contribution >= 0.6 is 11.8 Å². The van der Waals surface area contributed by atoms with E-state index >= 15 is 0 Å². The normalized spacial score (nSPS) is 11.5. The molecule has 0 N–H and O–H groups in total. The highest BCUT2D eigenvalue weighted by Gasteiger charge is 2.25. The Morgan fingerprint density at radius 2 is 1.50 bits per heavy atom. The monoisotopic (exact) mass is 392 g/mol. The van der Waals surface area contributed by atoms with Crippen molar-refractivity contribution in [1.82, 2.24) is 0 Å². The molecule has 28 heavy (non-hydrogen) atoms. The highest BCUT2D eigenvalue weighted by Crippen LogP contribution is 2.38. The highest BCUT2D eigenvalue weighted by atomic mass is 32.2. The van der Waals surface area contributed by atoms with E-state index in [0.717, 1.165) is 10.5 Å². The Morgan fingerprint density at radius 3 is 2.11 bits per heavy atom. The van der Waals surface area contributed by atoms with Gasteiger partial charge in [-0.1, -0.05) is 48.5 Å². The molecular weight excluding hydrogens is 372 g/mol. The number of ether oxygens (including phenoxy) is 2. The largest absolute Gasteiger partial charge is 0.493 e. The van der Waals surface area contributed by atoms with Gasteiger partial charge in [-0.3, -0.25) is 9.59 Å². The van der Waals surface area contributed by atoms with Crippen molar-refractivity contribution in [2.45, 2.75) is 17.1 Å². The predicted molar refractivity (Wildman–Crippen MR) is 110 cm³/mol. The fourth-order valence-electron chi connectivity index (χ4n) is 2.65. The molecule has 0 fully saturated rings. The Kier molecular flexibility index (Phi) is 6.50. The third kappa shape index (κ3) is 4.81. The number of esters is 1. The second-order valence-corrected chi connectivity index (χ2v) is 7.24. The van der Waals surface area contributed by atoms with E-state index in [4.69, 9.17) is 9.47 Å². The third-order valence-electron chi connectivity index (χ3n) is 4.09. The standard InChI is InChI=1S/C23H20O4S/c1-16(24)18-13-14-20(21(15-18)26-2)27-23(25)22(17-9-5-3-6-10-17)28-19-11-7-4-8-12-19/h3-15,22H,1-2H3. The first kappa shape index (κ1) is 19.7. The molecule has 1 unspecified atom stereocenters. The fraction of sp³-hybridized carbons (Fsp3) is 0.130. The minimum atomic E-state index is -0.541. The maximum absolute atomic E-state index is 13.0. The van der Waals surface area contributed by atoms with Gasteiger partial charge in [-0.2, -0.15) is 0 Å². The quantitative estimate of drug-likeness (QED) is 0.235. The molecule has 0 aliphatic carbocycles. The van der Waals surface area contributed by atoms with Crippen LogP contribution in [0.3, 0.4) is 0 Å². The molecule has 0 radical (unpaired) electrons. The van der Waals surface area contributed by atoms with Gasteiger partial charge in [0.2, 0.25) is 0 Å². The van der Waals surface area contributed by atoms with Crippen molar-refractivity contribution in [2.75, 3.05) is 7.11 Å². The fourth-order valence-corrected chi connectivity index (χ4v) is 3.67. The van der Waals surface area contributed by atoms with Crippen LogP contribution in [0.2, 0.25) is 0 Å². The van der Waals surface area contributed by atoms with Crippen LogP contribution in [-0.2, 0) is 4.79 Å². The summed E-state index contributed by atoms with van der Waals surface area (Å²) in [5, 5.41) is -0.541. The molecule has 0 aromatic heterocycles. The summed E-state index contributed by atoms with van der Waals surface area (Å²) in [6.07, 6.45) is 0. The van der Waals surface area contributed by atoms with Crippen LogP contribution in [-0.4, -0.2) is 18.9 Å². The van der Waals surface area contributed by atoms with E-state index in [1.807, 2.05) is 60.7 Å². The third-order valence-corrected chi connectivity index (χ3v) is 5.34. The number of hydrogen-bond acceptors (Lipinski definition) is 5. The van der Waals surface area contributed by atoms with E-state index in [-0.39, 0.29) is 11.5 Å². The molecule has 0 saturated heterocycles. The molecule has 3 aromatic carbocycles. The van der Waals surface area contributed by atoms with E-state index in [1.165, 1.54) is 25.8 Å². The van der Waals surface area contributed by atoms with Crippen molar-refractivity contribution in [2.24, 2.45) is 0 Å². The van der Waals surface area contributed by atoms with Crippen molar-refractivity contribution in [3.8, 4) is 11.5 Å². The molecule has 0 aliphatic rings. The molecule has 0 bridgehead atoms.